The van der Waals surface area contributed by atoms with Gasteiger partial charge in [0.25, 0.3) is 11.5 Å². The van der Waals surface area contributed by atoms with Crippen molar-refractivity contribution in [2.75, 3.05) is 11.9 Å². The Labute approximate surface area is 183 Å². The van der Waals surface area contributed by atoms with Gasteiger partial charge in [-0.1, -0.05) is 18.2 Å². The molecule has 1 fully saturated rings. The lowest BCUT2D eigenvalue weighted by Gasteiger charge is -2.24. The summed E-state index contributed by atoms with van der Waals surface area (Å²) < 4.78 is 1.31. The summed E-state index contributed by atoms with van der Waals surface area (Å²) in [6, 6.07) is 11.3. The Morgan fingerprint density at radius 2 is 2.00 bits per heavy atom. The first-order valence-electron chi connectivity index (χ1n) is 10.3. The van der Waals surface area contributed by atoms with Crippen molar-refractivity contribution in [2.45, 2.75) is 32.2 Å². The second-order valence-corrected chi connectivity index (χ2v) is 7.70. The standard InChI is InChI=1S/C23H23N5O4/c1-13-25-20-16(23(32)28(13)18-8-9-19(29)27-22(18)31)6-3-7-17(20)26-21(30)15-5-2-4-14(12-15)10-11-24/h2-7,12,18H,8-11,24H2,1H3,(H,26,30)(H,27,29,31). The molecule has 2 heterocycles. The summed E-state index contributed by atoms with van der Waals surface area (Å²) in [4.78, 5) is 54.4. The van der Waals surface area contributed by atoms with Crippen LogP contribution in [0.3, 0.4) is 0 Å². The van der Waals surface area contributed by atoms with Gasteiger partial charge in [0, 0.05) is 12.0 Å². The number of imide groups is 1. The van der Waals surface area contributed by atoms with Gasteiger partial charge in [-0.2, -0.15) is 0 Å². The van der Waals surface area contributed by atoms with Gasteiger partial charge in [-0.25, -0.2) is 4.98 Å². The number of fused-ring (bicyclic) bond motifs is 1. The number of carbonyl (C=O) groups excluding carboxylic acids is 3. The average molecular weight is 433 g/mol. The Morgan fingerprint density at radius 1 is 1.22 bits per heavy atom. The maximum Gasteiger partial charge on any atom is 0.262 e. The van der Waals surface area contributed by atoms with Crippen molar-refractivity contribution in [2.24, 2.45) is 5.73 Å². The molecule has 0 aliphatic carbocycles. The normalized spacial score (nSPS) is 16.1. The van der Waals surface area contributed by atoms with Crippen molar-refractivity contribution >= 4 is 34.3 Å². The highest BCUT2D eigenvalue weighted by Crippen LogP contribution is 2.24. The van der Waals surface area contributed by atoms with Crippen molar-refractivity contribution in [3.8, 4) is 0 Å². The fourth-order valence-electron chi connectivity index (χ4n) is 3.95. The van der Waals surface area contributed by atoms with Crippen LogP contribution in [0.25, 0.3) is 10.9 Å². The molecular formula is C23H23N5O4. The summed E-state index contributed by atoms with van der Waals surface area (Å²) in [6.45, 7) is 2.11. The third-order valence-corrected chi connectivity index (χ3v) is 5.50. The van der Waals surface area contributed by atoms with Gasteiger partial charge in [0.2, 0.25) is 11.8 Å². The second kappa shape index (κ2) is 8.72. The van der Waals surface area contributed by atoms with E-state index in [0.29, 0.717) is 35.6 Å². The van der Waals surface area contributed by atoms with Gasteiger partial charge in [-0.3, -0.25) is 29.1 Å². The van der Waals surface area contributed by atoms with Crippen LogP contribution in [0.1, 0.15) is 40.6 Å². The molecular weight excluding hydrogens is 410 g/mol. The molecule has 1 saturated heterocycles. The zero-order chi connectivity index (χ0) is 22.8. The van der Waals surface area contributed by atoms with E-state index < -0.39 is 17.5 Å². The summed E-state index contributed by atoms with van der Waals surface area (Å²) in [5, 5.41) is 5.38. The highest BCUT2D eigenvalue weighted by molar-refractivity contribution is 6.08. The molecule has 1 aliphatic rings. The first-order chi connectivity index (χ1) is 15.4. The molecule has 9 nitrogen and oxygen atoms in total. The Kier molecular flexibility index (Phi) is 5.83. The van der Waals surface area contributed by atoms with Crippen LogP contribution in [0.4, 0.5) is 5.69 Å². The topological polar surface area (TPSA) is 136 Å². The Balaban J connectivity index is 1.71. The van der Waals surface area contributed by atoms with Crippen molar-refractivity contribution in [3.05, 3.63) is 69.8 Å². The third kappa shape index (κ3) is 4.02. The minimum Gasteiger partial charge on any atom is -0.330 e. The van der Waals surface area contributed by atoms with E-state index >= 15 is 0 Å². The van der Waals surface area contributed by atoms with Crippen LogP contribution in [-0.4, -0.2) is 33.8 Å². The number of rotatable bonds is 5. The van der Waals surface area contributed by atoms with Crippen LogP contribution in [0.5, 0.6) is 0 Å². The first kappa shape index (κ1) is 21.4. The van der Waals surface area contributed by atoms with Crippen LogP contribution < -0.4 is 21.9 Å². The molecule has 0 spiro atoms. The van der Waals surface area contributed by atoms with E-state index in [2.05, 4.69) is 15.6 Å². The summed E-state index contributed by atoms with van der Waals surface area (Å²) in [6.07, 6.45) is 1.05. The molecule has 164 valence electrons. The fraction of sp³-hybridized carbons (Fsp3) is 0.261. The molecule has 3 amide bonds. The number of carbonyl (C=O) groups is 3. The molecule has 9 heteroatoms. The maximum absolute atomic E-state index is 13.2. The van der Waals surface area contributed by atoms with Crippen LogP contribution >= 0.6 is 0 Å². The molecule has 0 bridgehead atoms. The van der Waals surface area contributed by atoms with Crippen LogP contribution in [-0.2, 0) is 16.0 Å². The minimum absolute atomic E-state index is 0.152. The predicted octanol–water partition coefficient (Wildman–Crippen LogP) is 1.44. The summed E-state index contributed by atoms with van der Waals surface area (Å²) in [5.74, 6) is -0.880. The summed E-state index contributed by atoms with van der Waals surface area (Å²) in [7, 11) is 0. The van der Waals surface area contributed by atoms with Crippen molar-refractivity contribution < 1.29 is 14.4 Å². The highest BCUT2D eigenvalue weighted by Gasteiger charge is 2.30. The second-order valence-electron chi connectivity index (χ2n) is 7.70. The summed E-state index contributed by atoms with van der Waals surface area (Å²) in [5.41, 5.74) is 7.37. The number of nitrogens with two attached hydrogens (primary N) is 1. The van der Waals surface area contributed by atoms with E-state index in [4.69, 9.17) is 5.73 Å². The van der Waals surface area contributed by atoms with E-state index in [1.165, 1.54) is 4.57 Å². The predicted molar refractivity (Wildman–Crippen MR) is 119 cm³/mol. The molecule has 2 aromatic carbocycles. The van der Waals surface area contributed by atoms with Gasteiger partial charge in [0.1, 0.15) is 17.4 Å². The smallest absolute Gasteiger partial charge is 0.262 e. The molecule has 3 aromatic rings. The lowest BCUT2D eigenvalue weighted by Crippen LogP contribution is -2.45. The van der Waals surface area contributed by atoms with Gasteiger partial charge in [-0.15, -0.1) is 0 Å². The third-order valence-electron chi connectivity index (χ3n) is 5.50. The van der Waals surface area contributed by atoms with Gasteiger partial charge in [-0.05, 0) is 56.1 Å². The Hall–Kier alpha value is -3.85. The largest absolute Gasteiger partial charge is 0.330 e. The average Bonchev–Trinajstić information content (AvgIpc) is 2.76. The molecule has 32 heavy (non-hydrogen) atoms. The number of amides is 3. The van der Waals surface area contributed by atoms with Crippen molar-refractivity contribution in [1.29, 1.82) is 0 Å². The number of anilines is 1. The number of hydrogen-bond donors (Lipinski definition) is 3. The zero-order valence-corrected chi connectivity index (χ0v) is 17.6. The van der Waals surface area contributed by atoms with E-state index in [9.17, 15) is 19.2 Å². The number of nitrogens with one attached hydrogen (secondary N) is 2. The summed E-state index contributed by atoms with van der Waals surface area (Å²) >= 11 is 0. The number of nitrogens with zero attached hydrogens (tertiary/aromatic N) is 2. The Bertz CT molecular complexity index is 1300. The van der Waals surface area contributed by atoms with Crippen LogP contribution in [0, 0.1) is 6.92 Å². The van der Waals surface area contributed by atoms with Gasteiger partial charge < -0.3 is 11.1 Å². The van der Waals surface area contributed by atoms with Crippen molar-refractivity contribution in [3.63, 3.8) is 0 Å². The van der Waals surface area contributed by atoms with E-state index in [0.717, 1.165) is 5.56 Å². The monoisotopic (exact) mass is 433 g/mol. The molecule has 4 rings (SSSR count). The first-order valence-corrected chi connectivity index (χ1v) is 10.3. The lowest BCUT2D eigenvalue weighted by atomic mass is 10.1. The van der Waals surface area contributed by atoms with E-state index in [-0.39, 0.29) is 30.0 Å². The maximum atomic E-state index is 13.2. The fourth-order valence-corrected chi connectivity index (χ4v) is 3.95. The molecule has 1 atom stereocenters. The van der Waals surface area contributed by atoms with E-state index in [1.54, 1.807) is 43.3 Å². The minimum atomic E-state index is -0.805. The number of aryl methyl sites for hydroxylation is 1. The number of aromatic nitrogens is 2. The molecule has 1 aromatic heterocycles. The molecule has 4 N–H and O–H groups in total. The molecule has 0 saturated carbocycles. The van der Waals surface area contributed by atoms with Gasteiger partial charge in [0.05, 0.1) is 11.1 Å². The number of piperidine rings is 1. The van der Waals surface area contributed by atoms with Gasteiger partial charge >= 0.3 is 0 Å². The number of hydrogen-bond acceptors (Lipinski definition) is 6. The van der Waals surface area contributed by atoms with Crippen LogP contribution in [0.2, 0.25) is 0 Å². The quantitative estimate of drug-likeness (QED) is 0.521. The number of para-hydroxylation sites is 1. The van der Waals surface area contributed by atoms with Crippen LogP contribution in [0.15, 0.2) is 47.3 Å². The van der Waals surface area contributed by atoms with E-state index in [1.807, 2.05) is 6.07 Å². The highest BCUT2D eigenvalue weighted by atomic mass is 16.2. The molecule has 1 unspecified atom stereocenters. The molecule has 1 aliphatic heterocycles. The number of benzene rings is 2. The van der Waals surface area contributed by atoms with Gasteiger partial charge in [0.15, 0.2) is 0 Å². The zero-order valence-electron chi connectivity index (χ0n) is 17.6. The SMILES string of the molecule is Cc1nc2c(NC(=O)c3cccc(CCN)c3)cccc2c(=O)n1C1CCC(=O)NC1=O. The van der Waals surface area contributed by atoms with Crippen molar-refractivity contribution in [1.82, 2.24) is 14.9 Å². The lowest BCUT2D eigenvalue weighted by molar-refractivity contribution is -0.135. The Morgan fingerprint density at radius 3 is 2.75 bits per heavy atom. The molecule has 0 radical (unpaired) electrons.